The molecule has 1 aromatic rings. The SMILES string of the molecule is CC(Oc1ccc(Br)cc1CN)C(=O)N1CCCCCC1. The van der Waals surface area contributed by atoms with Crippen LogP contribution in [0.4, 0.5) is 0 Å². The highest BCUT2D eigenvalue weighted by Crippen LogP contribution is 2.24. The number of carbonyl (C=O) groups is 1. The molecule has 4 nitrogen and oxygen atoms in total. The van der Waals surface area contributed by atoms with Gasteiger partial charge in [-0.05, 0) is 38.0 Å². The van der Waals surface area contributed by atoms with Crippen LogP contribution in [0.25, 0.3) is 0 Å². The van der Waals surface area contributed by atoms with Gasteiger partial charge < -0.3 is 15.4 Å². The number of nitrogens with zero attached hydrogens (tertiary/aromatic N) is 1. The van der Waals surface area contributed by atoms with Gasteiger partial charge in [-0.25, -0.2) is 0 Å². The van der Waals surface area contributed by atoms with Gasteiger partial charge in [-0.3, -0.25) is 4.79 Å². The van der Waals surface area contributed by atoms with Gasteiger partial charge in [0.1, 0.15) is 5.75 Å². The van der Waals surface area contributed by atoms with Crippen molar-refractivity contribution in [1.29, 1.82) is 0 Å². The molecular weight excluding hydrogens is 332 g/mol. The van der Waals surface area contributed by atoms with E-state index in [4.69, 9.17) is 10.5 Å². The van der Waals surface area contributed by atoms with Crippen LogP contribution in [0.15, 0.2) is 22.7 Å². The highest BCUT2D eigenvalue weighted by molar-refractivity contribution is 9.10. The molecule has 1 aliphatic rings. The van der Waals surface area contributed by atoms with Gasteiger partial charge in [0.05, 0.1) is 0 Å². The summed E-state index contributed by atoms with van der Waals surface area (Å²) in [4.78, 5) is 14.4. The summed E-state index contributed by atoms with van der Waals surface area (Å²) in [5.41, 5.74) is 6.64. The van der Waals surface area contributed by atoms with Crippen molar-refractivity contribution in [3.8, 4) is 5.75 Å². The summed E-state index contributed by atoms with van der Waals surface area (Å²) in [7, 11) is 0. The van der Waals surface area contributed by atoms with Crippen molar-refractivity contribution >= 4 is 21.8 Å². The zero-order valence-electron chi connectivity index (χ0n) is 12.5. The molecule has 0 bridgehead atoms. The van der Waals surface area contributed by atoms with Crippen LogP contribution in [-0.2, 0) is 11.3 Å². The molecule has 1 aliphatic heterocycles. The third-order valence-corrected chi connectivity index (χ3v) is 4.30. The van der Waals surface area contributed by atoms with Crippen LogP contribution >= 0.6 is 15.9 Å². The van der Waals surface area contributed by atoms with Crippen LogP contribution in [0, 0.1) is 0 Å². The van der Waals surface area contributed by atoms with Gasteiger partial charge in [0, 0.05) is 29.7 Å². The van der Waals surface area contributed by atoms with Crippen LogP contribution in [0.3, 0.4) is 0 Å². The smallest absolute Gasteiger partial charge is 0.263 e. The minimum absolute atomic E-state index is 0.0720. The molecule has 2 rings (SSSR count). The lowest BCUT2D eigenvalue weighted by molar-refractivity contribution is -0.137. The number of carbonyl (C=O) groups excluding carboxylic acids is 1. The first kappa shape index (κ1) is 16.3. The summed E-state index contributed by atoms with van der Waals surface area (Å²) in [6.45, 7) is 3.89. The fourth-order valence-corrected chi connectivity index (χ4v) is 3.02. The minimum Gasteiger partial charge on any atom is -0.481 e. The molecule has 1 aromatic carbocycles. The van der Waals surface area contributed by atoms with Gasteiger partial charge in [0.2, 0.25) is 0 Å². The number of nitrogens with two attached hydrogens (primary N) is 1. The second-order valence-electron chi connectivity index (χ2n) is 5.46. The van der Waals surface area contributed by atoms with E-state index in [0.29, 0.717) is 12.3 Å². The molecule has 1 fully saturated rings. The Morgan fingerprint density at radius 3 is 2.62 bits per heavy atom. The Labute approximate surface area is 134 Å². The molecule has 21 heavy (non-hydrogen) atoms. The Morgan fingerprint density at radius 2 is 2.00 bits per heavy atom. The predicted octanol–water partition coefficient (Wildman–Crippen LogP) is 3.08. The number of hydrogen-bond acceptors (Lipinski definition) is 3. The lowest BCUT2D eigenvalue weighted by Gasteiger charge is -2.25. The van der Waals surface area contributed by atoms with Crippen molar-refractivity contribution in [2.75, 3.05) is 13.1 Å². The van der Waals surface area contributed by atoms with Gasteiger partial charge in [0.25, 0.3) is 5.91 Å². The third-order valence-electron chi connectivity index (χ3n) is 3.81. The normalized spacial score (nSPS) is 17.2. The fraction of sp³-hybridized carbons (Fsp3) is 0.562. The molecule has 0 saturated carbocycles. The quantitative estimate of drug-likeness (QED) is 0.903. The summed E-state index contributed by atoms with van der Waals surface area (Å²) < 4.78 is 6.82. The van der Waals surface area contributed by atoms with E-state index < -0.39 is 6.10 Å². The Hall–Kier alpha value is -1.07. The van der Waals surface area contributed by atoms with Gasteiger partial charge in [-0.1, -0.05) is 28.8 Å². The number of amides is 1. The first-order chi connectivity index (χ1) is 10.1. The van der Waals surface area contributed by atoms with Crippen LogP contribution in [0.5, 0.6) is 5.75 Å². The molecule has 1 amide bonds. The van der Waals surface area contributed by atoms with E-state index in [1.807, 2.05) is 30.0 Å². The summed E-state index contributed by atoms with van der Waals surface area (Å²) in [5, 5.41) is 0. The number of likely N-dealkylation sites (tertiary alicyclic amines) is 1. The van der Waals surface area contributed by atoms with E-state index >= 15 is 0 Å². The maximum Gasteiger partial charge on any atom is 0.263 e. The number of benzene rings is 1. The van der Waals surface area contributed by atoms with E-state index in [1.54, 1.807) is 0 Å². The van der Waals surface area contributed by atoms with Crippen LogP contribution in [-0.4, -0.2) is 30.0 Å². The molecular formula is C16H23BrN2O2. The Kier molecular flexibility index (Phi) is 6.06. The maximum absolute atomic E-state index is 12.5. The standard InChI is InChI=1S/C16H23BrN2O2/c1-12(16(20)19-8-4-2-3-5-9-19)21-15-7-6-14(17)10-13(15)11-18/h6-7,10,12H,2-5,8-9,11,18H2,1H3. The largest absolute Gasteiger partial charge is 0.481 e. The van der Waals surface area contributed by atoms with Crippen molar-refractivity contribution in [2.45, 2.75) is 45.3 Å². The predicted molar refractivity (Wildman–Crippen MR) is 87.2 cm³/mol. The van der Waals surface area contributed by atoms with E-state index in [0.717, 1.165) is 36.0 Å². The van der Waals surface area contributed by atoms with Gasteiger partial charge in [0.15, 0.2) is 6.10 Å². The van der Waals surface area contributed by atoms with Crippen molar-refractivity contribution in [2.24, 2.45) is 5.73 Å². The van der Waals surface area contributed by atoms with Crippen molar-refractivity contribution in [1.82, 2.24) is 4.90 Å². The average molecular weight is 355 g/mol. The third kappa shape index (κ3) is 4.45. The summed E-state index contributed by atoms with van der Waals surface area (Å²) >= 11 is 3.42. The number of ether oxygens (including phenoxy) is 1. The summed E-state index contributed by atoms with van der Waals surface area (Å²) in [6, 6.07) is 5.69. The molecule has 0 aromatic heterocycles. The molecule has 1 atom stereocenters. The zero-order chi connectivity index (χ0) is 15.2. The van der Waals surface area contributed by atoms with Gasteiger partial charge >= 0.3 is 0 Å². The van der Waals surface area contributed by atoms with E-state index in [-0.39, 0.29) is 5.91 Å². The van der Waals surface area contributed by atoms with Crippen molar-refractivity contribution in [3.63, 3.8) is 0 Å². The lowest BCUT2D eigenvalue weighted by Crippen LogP contribution is -2.41. The zero-order valence-corrected chi connectivity index (χ0v) is 14.1. The maximum atomic E-state index is 12.5. The van der Waals surface area contributed by atoms with Gasteiger partial charge in [-0.2, -0.15) is 0 Å². The Bertz CT molecular complexity index is 485. The molecule has 0 radical (unpaired) electrons. The Morgan fingerprint density at radius 1 is 1.33 bits per heavy atom. The molecule has 0 aliphatic carbocycles. The van der Waals surface area contributed by atoms with Crippen molar-refractivity contribution in [3.05, 3.63) is 28.2 Å². The molecule has 1 heterocycles. The summed E-state index contributed by atoms with van der Waals surface area (Å²) in [5.74, 6) is 0.763. The molecule has 1 unspecified atom stereocenters. The second kappa shape index (κ2) is 7.80. The monoisotopic (exact) mass is 354 g/mol. The Balaban J connectivity index is 2.03. The highest BCUT2D eigenvalue weighted by atomic mass is 79.9. The number of halogens is 1. The molecule has 116 valence electrons. The van der Waals surface area contributed by atoms with E-state index in [9.17, 15) is 4.79 Å². The second-order valence-corrected chi connectivity index (χ2v) is 6.37. The van der Waals surface area contributed by atoms with Crippen molar-refractivity contribution < 1.29 is 9.53 Å². The molecule has 0 spiro atoms. The lowest BCUT2D eigenvalue weighted by atomic mass is 10.2. The minimum atomic E-state index is -0.477. The molecule has 1 saturated heterocycles. The fourth-order valence-electron chi connectivity index (χ4n) is 2.61. The van der Waals surface area contributed by atoms with Gasteiger partial charge in [-0.15, -0.1) is 0 Å². The molecule has 2 N–H and O–H groups in total. The number of hydrogen-bond donors (Lipinski definition) is 1. The van der Waals surface area contributed by atoms with Crippen LogP contribution < -0.4 is 10.5 Å². The average Bonchev–Trinajstić information content (AvgIpc) is 2.77. The first-order valence-corrected chi connectivity index (χ1v) is 8.35. The van der Waals surface area contributed by atoms with Crippen LogP contribution in [0.2, 0.25) is 0 Å². The summed E-state index contributed by atoms with van der Waals surface area (Å²) in [6.07, 6.45) is 4.12. The number of rotatable bonds is 4. The first-order valence-electron chi connectivity index (χ1n) is 7.55. The van der Waals surface area contributed by atoms with E-state index in [1.165, 1.54) is 12.8 Å². The highest BCUT2D eigenvalue weighted by Gasteiger charge is 2.23. The molecule has 5 heteroatoms. The van der Waals surface area contributed by atoms with Crippen LogP contribution in [0.1, 0.15) is 38.2 Å². The van der Waals surface area contributed by atoms with E-state index in [2.05, 4.69) is 15.9 Å². The topological polar surface area (TPSA) is 55.6 Å².